The number of aromatic nitrogens is 2. The summed E-state index contributed by atoms with van der Waals surface area (Å²) in [6.07, 6.45) is 3.87. The summed E-state index contributed by atoms with van der Waals surface area (Å²) in [6, 6.07) is 10.6. The Bertz CT molecular complexity index is 596. The molecule has 0 radical (unpaired) electrons. The number of nitrogens with two attached hydrogens (primary N) is 1. The molecule has 0 saturated heterocycles. The van der Waals surface area contributed by atoms with Crippen LogP contribution < -0.4 is 11.3 Å². The van der Waals surface area contributed by atoms with Crippen molar-refractivity contribution in [2.24, 2.45) is 11.8 Å². The van der Waals surface area contributed by atoms with E-state index < -0.39 is 0 Å². The molecule has 112 valence electrons. The first-order valence-corrected chi connectivity index (χ1v) is 7.86. The fraction of sp³-hybridized carbons (Fsp3) is 0.438. The van der Waals surface area contributed by atoms with Gasteiger partial charge in [0.1, 0.15) is 0 Å². The third-order valence-corrected chi connectivity index (χ3v) is 4.53. The molecule has 3 atom stereocenters. The van der Waals surface area contributed by atoms with E-state index in [0.29, 0.717) is 16.9 Å². The normalized spacial score (nSPS) is 22.2. The molecule has 1 aliphatic carbocycles. The molecule has 2 aromatic rings. The van der Waals surface area contributed by atoms with Crippen molar-refractivity contribution in [3.05, 3.63) is 52.8 Å². The van der Waals surface area contributed by atoms with Gasteiger partial charge >= 0.3 is 0 Å². The third kappa shape index (κ3) is 2.84. The second-order valence-electron chi connectivity index (χ2n) is 5.66. The maximum atomic E-state index is 6.34. The average Bonchev–Trinajstić information content (AvgIpc) is 3.22. The first-order chi connectivity index (χ1) is 10.3. The molecule has 0 aliphatic heterocycles. The molecule has 3 rings (SSSR count). The summed E-state index contributed by atoms with van der Waals surface area (Å²) in [5.74, 6) is 6.85. The number of nitrogens with one attached hydrogen (secondary N) is 1. The van der Waals surface area contributed by atoms with Gasteiger partial charge in [-0.1, -0.05) is 48.9 Å². The quantitative estimate of drug-likeness (QED) is 0.636. The highest BCUT2D eigenvalue weighted by molar-refractivity contribution is 6.31. The van der Waals surface area contributed by atoms with Crippen LogP contribution in [-0.4, -0.2) is 9.78 Å². The number of rotatable bonds is 6. The van der Waals surface area contributed by atoms with Crippen LogP contribution in [0.15, 0.2) is 36.5 Å². The highest BCUT2D eigenvalue weighted by atomic mass is 35.5. The van der Waals surface area contributed by atoms with Crippen molar-refractivity contribution in [1.29, 1.82) is 0 Å². The average molecular weight is 305 g/mol. The predicted molar refractivity (Wildman–Crippen MR) is 84.9 cm³/mol. The highest BCUT2D eigenvalue weighted by Gasteiger charge is 2.45. The topological polar surface area (TPSA) is 55.9 Å². The predicted octanol–water partition coefficient (Wildman–Crippen LogP) is 3.25. The molecule has 5 heteroatoms. The van der Waals surface area contributed by atoms with Crippen molar-refractivity contribution in [1.82, 2.24) is 15.2 Å². The van der Waals surface area contributed by atoms with E-state index in [2.05, 4.69) is 41.7 Å². The molecule has 0 bridgehead atoms. The van der Waals surface area contributed by atoms with Gasteiger partial charge in [0.25, 0.3) is 0 Å². The zero-order chi connectivity index (χ0) is 14.8. The number of hydrogen-bond donors (Lipinski definition) is 2. The van der Waals surface area contributed by atoms with Crippen molar-refractivity contribution >= 4 is 11.6 Å². The Morgan fingerprint density at radius 2 is 2.19 bits per heavy atom. The van der Waals surface area contributed by atoms with E-state index >= 15 is 0 Å². The summed E-state index contributed by atoms with van der Waals surface area (Å²) < 4.78 is 1.98. The van der Waals surface area contributed by atoms with E-state index in [-0.39, 0.29) is 6.04 Å². The Morgan fingerprint density at radius 1 is 1.43 bits per heavy atom. The van der Waals surface area contributed by atoms with E-state index in [1.807, 2.05) is 10.7 Å². The molecule has 1 fully saturated rings. The minimum Gasteiger partial charge on any atom is -0.271 e. The SMILES string of the molecule is CCCn1ncc(Cl)c1C(NN)C1CC1c1ccccc1. The van der Waals surface area contributed by atoms with Crippen LogP contribution >= 0.6 is 11.6 Å². The largest absolute Gasteiger partial charge is 0.271 e. The lowest BCUT2D eigenvalue weighted by atomic mass is 10.0. The van der Waals surface area contributed by atoms with Crippen LogP contribution in [0.2, 0.25) is 5.02 Å². The monoisotopic (exact) mass is 304 g/mol. The zero-order valence-electron chi connectivity index (χ0n) is 12.2. The number of hydrogen-bond acceptors (Lipinski definition) is 3. The van der Waals surface area contributed by atoms with Crippen molar-refractivity contribution in [2.45, 2.75) is 38.3 Å². The molecule has 3 N–H and O–H groups in total. The van der Waals surface area contributed by atoms with Crippen LogP contribution in [-0.2, 0) is 6.54 Å². The van der Waals surface area contributed by atoms with Gasteiger partial charge in [0, 0.05) is 6.54 Å². The molecule has 1 saturated carbocycles. The summed E-state index contributed by atoms with van der Waals surface area (Å²) in [4.78, 5) is 0. The number of aryl methyl sites for hydroxylation is 1. The lowest BCUT2D eigenvalue weighted by Gasteiger charge is -2.18. The maximum Gasteiger partial charge on any atom is 0.0834 e. The van der Waals surface area contributed by atoms with E-state index in [1.165, 1.54) is 5.56 Å². The van der Waals surface area contributed by atoms with Gasteiger partial charge in [0.15, 0.2) is 0 Å². The van der Waals surface area contributed by atoms with E-state index in [9.17, 15) is 0 Å². The fourth-order valence-corrected chi connectivity index (χ4v) is 3.40. The van der Waals surface area contributed by atoms with E-state index in [4.69, 9.17) is 17.4 Å². The van der Waals surface area contributed by atoms with Crippen molar-refractivity contribution < 1.29 is 0 Å². The van der Waals surface area contributed by atoms with Crippen molar-refractivity contribution in [3.63, 3.8) is 0 Å². The van der Waals surface area contributed by atoms with E-state index in [1.54, 1.807) is 6.20 Å². The molecule has 1 aromatic carbocycles. The number of nitrogens with zero attached hydrogens (tertiary/aromatic N) is 2. The molecule has 3 unspecified atom stereocenters. The van der Waals surface area contributed by atoms with Crippen LogP contribution in [0.3, 0.4) is 0 Å². The molecule has 0 amide bonds. The second-order valence-corrected chi connectivity index (χ2v) is 6.07. The van der Waals surface area contributed by atoms with Crippen LogP contribution in [0.1, 0.15) is 43.0 Å². The minimum absolute atomic E-state index is 0.0526. The minimum atomic E-state index is 0.0526. The molecule has 1 aromatic heterocycles. The first-order valence-electron chi connectivity index (χ1n) is 7.48. The number of benzene rings is 1. The van der Waals surface area contributed by atoms with Gasteiger partial charge in [-0.25, -0.2) is 0 Å². The highest BCUT2D eigenvalue weighted by Crippen LogP contribution is 2.54. The summed E-state index contributed by atoms with van der Waals surface area (Å²) in [5.41, 5.74) is 5.35. The van der Waals surface area contributed by atoms with Crippen LogP contribution in [0.25, 0.3) is 0 Å². The van der Waals surface area contributed by atoms with Gasteiger partial charge in [-0.05, 0) is 30.2 Å². The lowest BCUT2D eigenvalue weighted by molar-refractivity contribution is 0.436. The van der Waals surface area contributed by atoms with Gasteiger partial charge < -0.3 is 0 Å². The van der Waals surface area contributed by atoms with Crippen LogP contribution in [0, 0.1) is 5.92 Å². The van der Waals surface area contributed by atoms with E-state index in [0.717, 1.165) is 25.1 Å². The van der Waals surface area contributed by atoms with Gasteiger partial charge in [0.2, 0.25) is 0 Å². The Kier molecular flexibility index (Phi) is 4.29. The Balaban J connectivity index is 1.83. The Morgan fingerprint density at radius 3 is 2.86 bits per heavy atom. The summed E-state index contributed by atoms with van der Waals surface area (Å²) in [7, 11) is 0. The maximum absolute atomic E-state index is 6.34. The molecule has 21 heavy (non-hydrogen) atoms. The lowest BCUT2D eigenvalue weighted by Crippen LogP contribution is -2.32. The van der Waals surface area contributed by atoms with Gasteiger partial charge in [0.05, 0.1) is 23.0 Å². The molecule has 0 spiro atoms. The molecule has 1 heterocycles. The third-order valence-electron chi connectivity index (χ3n) is 4.24. The Labute approximate surface area is 130 Å². The van der Waals surface area contributed by atoms with Crippen LogP contribution in [0.4, 0.5) is 0 Å². The summed E-state index contributed by atoms with van der Waals surface area (Å²) in [5, 5.41) is 5.07. The number of hydrazine groups is 1. The van der Waals surface area contributed by atoms with Crippen LogP contribution in [0.5, 0.6) is 0 Å². The van der Waals surface area contributed by atoms with Gasteiger partial charge in [-0.2, -0.15) is 5.10 Å². The fourth-order valence-electron chi connectivity index (χ4n) is 3.14. The molecular weight excluding hydrogens is 284 g/mol. The van der Waals surface area contributed by atoms with Gasteiger partial charge in [-0.3, -0.25) is 16.0 Å². The summed E-state index contributed by atoms with van der Waals surface area (Å²) in [6.45, 7) is 3.00. The first kappa shape index (κ1) is 14.6. The number of halogens is 1. The smallest absolute Gasteiger partial charge is 0.0834 e. The molecule has 1 aliphatic rings. The summed E-state index contributed by atoms with van der Waals surface area (Å²) >= 11 is 6.34. The van der Waals surface area contributed by atoms with Crippen molar-refractivity contribution in [2.75, 3.05) is 0 Å². The standard InChI is InChI=1S/C16H21ClN4/c1-2-8-21-16(14(17)10-19-21)15(20-18)13-9-12(13)11-6-4-3-5-7-11/h3-7,10,12-13,15,20H,2,8-9,18H2,1H3. The molecule has 4 nitrogen and oxygen atoms in total. The van der Waals surface area contributed by atoms with Crippen molar-refractivity contribution in [3.8, 4) is 0 Å². The zero-order valence-corrected chi connectivity index (χ0v) is 12.9. The molecular formula is C16H21ClN4. The second kappa shape index (κ2) is 6.18. The Hall–Kier alpha value is -1.36. The van der Waals surface area contributed by atoms with Gasteiger partial charge in [-0.15, -0.1) is 0 Å².